The first-order valence-electron chi connectivity index (χ1n) is 5.95. The van der Waals surface area contributed by atoms with Gasteiger partial charge in [0.1, 0.15) is 11.6 Å². The van der Waals surface area contributed by atoms with Gasteiger partial charge in [0.2, 0.25) is 0 Å². The van der Waals surface area contributed by atoms with Crippen LogP contribution in [0.5, 0.6) is 0 Å². The van der Waals surface area contributed by atoms with Crippen molar-refractivity contribution >= 4 is 21.6 Å². The molecule has 0 saturated carbocycles. The highest BCUT2D eigenvalue weighted by Gasteiger charge is 2.10. The lowest BCUT2D eigenvalue weighted by Gasteiger charge is -2.17. The maximum absolute atomic E-state index is 13.5. The van der Waals surface area contributed by atoms with E-state index in [-0.39, 0.29) is 17.7 Å². The summed E-state index contributed by atoms with van der Waals surface area (Å²) in [5.41, 5.74) is 2.08. The van der Waals surface area contributed by atoms with Crippen LogP contribution in [0.2, 0.25) is 0 Å². The fraction of sp³-hybridized carbons (Fsp3) is 0.200. The fourth-order valence-corrected chi connectivity index (χ4v) is 2.16. The number of anilines is 1. The van der Waals surface area contributed by atoms with Crippen LogP contribution < -0.4 is 5.32 Å². The van der Waals surface area contributed by atoms with Crippen LogP contribution in [0, 0.1) is 18.6 Å². The Morgan fingerprint density at radius 2 is 1.84 bits per heavy atom. The highest BCUT2D eigenvalue weighted by atomic mass is 79.9. The third-order valence-electron chi connectivity index (χ3n) is 3.00. The lowest BCUT2D eigenvalue weighted by molar-refractivity contribution is 0.614. The predicted octanol–water partition coefficient (Wildman–Crippen LogP) is 5.21. The number of benzene rings is 2. The Hall–Kier alpha value is -1.42. The molecular formula is C15H14BrF2N. The molecule has 0 aliphatic carbocycles. The van der Waals surface area contributed by atoms with Gasteiger partial charge in [0.15, 0.2) is 0 Å². The van der Waals surface area contributed by atoms with Crippen molar-refractivity contribution in [2.24, 2.45) is 0 Å². The van der Waals surface area contributed by atoms with Gasteiger partial charge in [-0.2, -0.15) is 0 Å². The van der Waals surface area contributed by atoms with Crippen molar-refractivity contribution in [3.8, 4) is 0 Å². The third-order valence-corrected chi connectivity index (χ3v) is 3.69. The molecule has 2 aromatic rings. The summed E-state index contributed by atoms with van der Waals surface area (Å²) in [6.45, 7) is 3.63. The second kappa shape index (κ2) is 5.70. The second-order valence-corrected chi connectivity index (χ2v) is 5.35. The first kappa shape index (κ1) is 14.0. The van der Waals surface area contributed by atoms with Crippen LogP contribution in [0.15, 0.2) is 40.9 Å². The summed E-state index contributed by atoms with van der Waals surface area (Å²) < 4.78 is 27.5. The SMILES string of the molecule is Cc1ccc(C(C)Nc2cc(F)ccc2Br)cc1F. The standard InChI is InChI=1S/C15H14BrF2N/c1-9-3-4-11(7-14(9)18)10(2)19-15-8-12(17)5-6-13(15)16/h3-8,10,19H,1-2H3. The number of halogens is 3. The molecule has 0 heterocycles. The summed E-state index contributed by atoms with van der Waals surface area (Å²) in [6.07, 6.45) is 0. The summed E-state index contributed by atoms with van der Waals surface area (Å²) in [4.78, 5) is 0. The van der Waals surface area contributed by atoms with Gasteiger partial charge in [-0.25, -0.2) is 8.78 Å². The molecule has 0 spiro atoms. The molecule has 0 bridgehead atoms. The van der Waals surface area contributed by atoms with E-state index in [1.807, 2.05) is 13.0 Å². The van der Waals surface area contributed by atoms with Crippen LogP contribution in [0.25, 0.3) is 0 Å². The first-order chi connectivity index (χ1) is 8.97. The highest BCUT2D eigenvalue weighted by molar-refractivity contribution is 9.10. The normalized spacial score (nSPS) is 12.3. The van der Waals surface area contributed by atoms with Gasteiger partial charge >= 0.3 is 0 Å². The fourth-order valence-electron chi connectivity index (χ4n) is 1.80. The number of aryl methyl sites for hydroxylation is 1. The van der Waals surface area contributed by atoms with E-state index in [0.717, 1.165) is 10.0 Å². The van der Waals surface area contributed by atoms with E-state index in [4.69, 9.17) is 0 Å². The van der Waals surface area contributed by atoms with E-state index in [0.29, 0.717) is 11.3 Å². The lowest BCUT2D eigenvalue weighted by Crippen LogP contribution is -2.08. The molecule has 0 radical (unpaired) electrons. The molecule has 0 aliphatic rings. The molecule has 1 atom stereocenters. The maximum atomic E-state index is 13.5. The van der Waals surface area contributed by atoms with Gasteiger partial charge < -0.3 is 5.32 Å². The Kier molecular flexibility index (Phi) is 4.20. The Balaban J connectivity index is 2.22. The summed E-state index contributed by atoms with van der Waals surface area (Å²) >= 11 is 3.35. The molecule has 100 valence electrons. The summed E-state index contributed by atoms with van der Waals surface area (Å²) in [5, 5.41) is 3.16. The molecule has 0 fully saturated rings. The molecule has 0 amide bonds. The van der Waals surface area contributed by atoms with E-state index < -0.39 is 0 Å². The maximum Gasteiger partial charge on any atom is 0.126 e. The molecule has 0 aromatic heterocycles. The summed E-state index contributed by atoms with van der Waals surface area (Å²) in [7, 11) is 0. The van der Waals surface area contributed by atoms with Crippen molar-refractivity contribution in [2.75, 3.05) is 5.32 Å². The number of rotatable bonds is 3. The quantitative estimate of drug-likeness (QED) is 0.816. The molecule has 1 nitrogen and oxygen atoms in total. The zero-order chi connectivity index (χ0) is 14.0. The molecule has 1 unspecified atom stereocenters. The average molecular weight is 326 g/mol. The minimum absolute atomic E-state index is 0.117. The van der Waals surface area contributed by atoms with Crippen molar-refractivity contribution in [2.45, 2.75) is 19.9 Å². The lowest BCUT2D eigenvalue weighted by atomic mass is 10.1. The summed E-state index contributed by atoms with van der Waals surface area (Å²) in [6, 6.07) is 9.41. The topological polar surface area (TPSA) is 12.0 Å². The average Bonchev–Trinajstić information content (AvgIpc) is 2.37. The van der Waals surface area contributed by atoms with E-state index in [2.05, 4.69) is 21.2 Å². The monoisotopic (exact) mass is 325 g/mol. The van der Waals surface area contributed by atoms with E-state index in [9.17, 15) is 8.78 Å². The van der Waals surface area contributed by atoms with Crippen LogP contribution in [0.1, 0.15) is 24.1 Å². The molecule has 1 N–H and O–H groups in total. The number of hydrogen-bond donors (Lipinski definition) is 1. The van der Waals surface area contributed by atoms with Crippen LogP contribution in [0.3, 0.4) is 0 Å². The van der Waals surface area contributed by atoms with E-state index in [1.165, 1.54) is 18.2 Å². The van der Waals surface area contributed by atoms with Crippen molar-refractivity contribution < 1.29 is 8.78 Å². The van der Waals surface area contributed by atoms with Gasteiger partial charge in [-0.05, 0) is 65.2 Å². The van der Waals surface area contributed by atoms with Crippen LogP contribution in [-0.4, -0.2) is 0 Å². The highest BCUT2D eigenvalue weighted by Crippen LogP contribution is 2.27. The molecule has 0 aliphatic heterocycles. The minimum atomic E-state index is -0.312. The first-order valence-corrected chi connectivity index (χ1v) is 6.74. The third kappa shape index (κ3) is 3.32. The van der Waals surface area contributed by atoms with Crippen molar-refractivity contribution in [1.29, 1.82) is 0 Å². The Morgan fingerprint density at radius 1 is 1.11 bits per heavy atom. The van der Waals surface area contributed by atoms with Crippen molar-refractivity contribution in [3.63, 3.8) is 0 Å². The zero-order valence-corrected chi connectivity index (χ0v) is 12.3. The van der Waals surface area contributed by atoms with Crippen molar-refractivity contribution in [1.82, 2.24) is 0 Å². The van der Waals surface area contributed by atoms with Gasteiger partial charge in [0.25, 0.3) is 0 Å². The number of nitrogens with one attached hydrogen (secondary N) is 1. The molecule has 19 heavy (non-hydrogen) atoms. The molecule has 0 saturated heterocycles. The summed E-state index contributed by atoms with van der Waals surface area (Å²) in [5.74, 6) is -0.544. The van der Waals surface area contributed by atoms with Gasteiger partial charge in [-0.3, -0.25) is 0 Å². The van der Waals surface area contributed by atoms with Gasteiger partial charge in [0, 0.05) is 10.5 Å². The predicted molar refractivity (Wildman–Crippen MR) is 77.3 cm³/mol. The zero-order valence-electron chi connectivity index (χ0n) is 10.7. The molecule has 4 heteroatoms. The molecule has 2 aromatic carbocycles. The van der Waals surface area contributed by atoms with Gasteiger partial charge in [0.05, 0.1) is 5.69 Å². The largest absolute Gasteiger partial charge is 0.378 e. The Bertz CT molecular complexity index is 599. The van der Waals surface area contributed by atoms with Gasteiger partial charge in [-0.1, -0.05) is 12.1 Å². The van der Waals surface area contributed by atoms with Crippen molar-refractivity contribution in [3.05, 3.63) is 63.6 Å². The van der Waals surface area contributed by atoms with Crippen LogP contribution in [0.4, 0.5) is 14.5 Å². The van der Waals surface area contributed by atoms with E-state index in [1.54, 1.807) is 19.1 Å². The second-order valence-electron chi connectivity index (χ2n) is 4.50. The minimum Gasteiger partial charge on any atom is -0.378 e. The van der Waals surface area contributed by atoms with Gasteiger partial charge in [-0.15, -0.1) is 0 Å². The smallest absolute Gasteiger partial charge is 0.126 e. The van der Waals surface area contributed by atoms with Crippen LogP contribution >= 0.6 is 15.9 Å². The van der Waals surface area contributed by atoms with E-state index >= 15 is 0 Å². The molecule has 2 rings (SSSR count). The Labute approximate surface area is 119 Å². The molecular weight excluding hydrogens is 312 g/mol. The van der Waals surface area contributed by atoms with Crippen LogP contribution in [-0.2, 0) is 0 Å². The Morgan fingerprint density at radius 3 is 2.53 bits per heavy atom. The number of hydrogen-bond acceptors (Lipinski definition) is 1.